The number of rotatable bonds is 8. The van der Waals surface area contributed by atoms with E-state index in [9.17, 15) is 20.4 Å². The van der Waals surface area contributed by atoms with Crippen molar-refractivity contribution < 1.29 is 54.6 Å². The van der Waals surface area contributed by atoms with Gasteiger partial charge < -0.3 is 20.4 Å². The van der Waals surface area contributed by atoms with Gasteiger partial charge in [-0.25, -0.2) is 0 Å². The molecule has 2 radical (unpaired) electrons. The van der Waals surface area contributed by atoms with Crippen molar-refractivity contribution in [1.29, 1.82) is 0 Å². The maximum atomic E-state index is 12.1. The number of fused-ring (bicyclic) bond motifs is 4. The Kier molecular flexibility index (Phi) is 28.7. The summed E-state index contributed by atoms with van der Waals surface area (Å²) in [5, 5.41) is 57.0. The molecule has 0 unspecified atom stereocenters. The van der Waals surface area contributed by atoms with E-state index in [0.717, 1.165) is 117 Å². The predicted molar refractivity (Wildman–Crippen MR) is 348 cm³/mol. The van der Waals surface area contributed by atoms with E-state index in [1.807, 2.05) is 146 Å². The van der Waals surface area contributed by atoms with Crippen molar-refractivity contribution in [3.05, 3.63) is 168 Å². The molecule has 10 heteroatoms. The van der Waals surface area contributed by atoms with Crippen LogP contribution in [0.5, 0.6) is 23.0 Å². The summed E-state index contributed by atoms with van der Waals surface area (Å²) in [6.45, 7) is 0. The zero-order valence-corrected chi connectivity index (χ0v) is 52.2. The number of hydrogen-bond donors (Lipinski definition) is 0. The van der Waals surface area contributed by atoms with Crippen LogP contribution in [0.15, 0.2) is 166 Å². The molecular formula is C76H88Cu2N4O4. The van der Waals surface area contributed by atoms with Gasteiger partial charge in [-0.3, -0.25) is 20.0 Å². The molecule has 4 fully saturated rings. The van der Waals surface area contributed by atoms with Crippen LogP contribution in [0.25, 0.3) is 43.1 Å². The third kappa shape index (κ3) is 20.4. The third-order valence-corrected chi connectivity index (χ3v) is 17.7. The van der Waals surface area contributed by atoms with E-state index in [4.69, 9.17) is 20.0 Å². The molecule has 0 aliphatic heterocycles. The molecule has 0 heterocycles. The number of hydrogen-bond acceptors (Lipinski definition) is 8. The molecule has 0 aromatic heterocycles. The van der Waals surface area contributed by atoms with Gasteiger partial charge in [-0.05, 0) is 117 Å². The Morgan fingerprint density at radius 2 is 0.407 bits per heavy atom. The first-order valence-corrected chi connectivity index (χ1v) is 32.3. The molecule has 4 aliphatic rings. The van der Waals surface area contributed by atoms with Crippen LogP contribution in [-0.4, -0.2) is 49.0 Å². The molecule has 0 spiro atoms. The molecule has 86 heavy (non-hydrogen) atoms. The van der Waals surface area contributed by atoms with Gasteiger partial charge in [-0.1, -0.05) is 297 Å². The first-order chi connectivity index (χ1) is 41.4. The van der Waals surface area contributed by atoms with E-state index in [1.165, 1.54) is 128 Å². The normalized spacial score (nSPS) is 17.5. The number of aliphatic imine (C=N–C) groups is 4. The first-order valence-electron chi connectivity index (χ1n) is 32.3. The SMILES string of the molecule is [Cu+2].[Cu+2].[O-]c1ccc2ccccc2c1C=NC1CCCCCCC1.[O-]c1ccc2ccccc2c1C=NC1CCCCCCC1.[O-]c1ccc2ccccc2c1C=NC1CCCCCCC1.[O-]c1ccc2ccccc2c1C=NC1CCCCCCC1. The standard InChI is InChI=1S/4C19H23NO.2Cu/c4*21-19-13-12-15-8-6-7-11-17(15)18(19)14-20-16-9-4-2-1-3-5-10-16;;/h4*6-8,11-14,16,21H,1-5,9-10H2;;/q;;;;2*+2/p-4. The van der Waals surface area contributed by atoms with Gasteiger partial charge in [-0.2, -0.15) is 0 Å². The molecule has 12 rings (SSSR count). The van der Waals surface area contributed by atoms with Gasteiger partial charge in [0.2, 0.25) is 0 Å². The van der Waals surface area contributed by atoms with E-state index in [2.05, 4.69) is 0 Å². The summed E-state index contributed by atoms with van der Waals surface area (Å²) in [4.78, 5) is 19.0. The zero-order valence-electron chi connectivity index (χ0n) is 50.3. The second-order valence-corrected chi connectivity index (χ2v) is 23.9. The van der Waals surface area contributed by atoms with E-state index in [0.29, 0.717) is 24.2 Å². The van der Waals surface area contributed by atoms with Crippen molar-refractivity contribution in [1.82, 2.24) is 0 Å². The van der Waals surface area contributed by atoms with E-state index in [1.54, 1.807) is 24.3 Å². The molecule has 8 aromatic rings. The largest absolute Gasteiger partial charge is 2.00 e. The third-order valence-electron chi connectivity index (χ3n) is 17.7. The average molecular weight is 1250 g/mol. The summed E-state index contributed by atoms with van der Waals surface area (Å²) in [6, 6.07) is 47.9. The van der Waals surface area contributed by atoms with E-state index < -0.39 is 0 Å². The molecule has 8 nitrogen and oxygen atoms in total. The first kappa shape index (κ1) is 67.2. The zero-order chi connectivity index (χ0) is 58.0. The Labute approximate surface area is 533 Å². The van der Waals surface area contributed by atoms with Crippen LogP contribution in [0, 0.1) is 0 Å². The molecule has 4 aliphatic carbocycles. The van der Waals surface area contributed by atoms with Crippen molar-refractivity contribution in [3.8, 4) is 23.0 Å². The van der Waals surface area contributed by atoms with Crippen LogP contribution < -0.4 is 20.4 Å². The minimum atomic E-state index is 0. The molecule has 0 atom stereocenters. The van der Waals surface area contributed by atoms with Crippen LogP contribution in [0.4, 0.5) is 0 Å². The summed E-state index contributed by atoms with van der Waals surface area (Å²) in [6.07, 6.45) is 42.8. The van der Waals surface area contributed by atoms with Gasteiger partial charge in [0.05, 0.1) is 0 Å². The van der Waals surface area contributed by atoms with Gasteiger partial charge in [0, 0.05) is 49.0 Å². The fourth-order valence-electron chi connectivity index (χ4n) is 12.7. The van der Waals surface area contributed by atoms with Crippen LogP contribution in [0.1, 0.15) is 202 Å². The van der Waals surface area contributed by atoms with Crippen LogP contribution in [0.2, 0.25) is 0 Å². The smallest absolute Gasteiger partial charge is 0.872 e. The van der Waals surface area contributed by atoms with Gasteiger partial charge in [0.1, 0.15) is 0 Å². The molecule has 458 valence electrons. The predicted octanol–water partition coefficient (Wildman–Crippen LogP) is 17.8. The summed E-state index contributed by atoms with van der Waals surface area (Å²) >= 11 is 0. The summed E-state index contributed by atoms with van der Waals surface area (Å²) in [7, 11) is 0. The molecule has 4 saturated carbocycles. The Balaban J connectivity index is 0.000000163. The quantitative estimate of drug-likeness (QED) is 0.110. The Morgan fingerprint density at radius 3 is 0.605 bits per heavy atom. The number of nitrogens with zero attached hydrogens (tertiary/aromatic N) is 4. The van der Waals surface area contributed by atoms with Crippen molar-refractivity contribution in [2.45, 2.75) is 204 Å². The molecule has 0 saturated heterocycles. The summed E-state index contributed by atoms with van der Waals surface area (Å²) in [5.74, 6) is 0.290. The van der Waals surface area contributed by atoms with Crippen molar-refractivity contribution in [2.75, 3.05) is 0 Å². The topological polar surface area (TPSA) is 142 Å². The van der Waals surface area contributed by atoms with Gasteiger partial charge in [-0.15, -0.1) is 0 Å². The average Bonchev–Trinajstić information content (AvgIpc) is 3.66. The minimum absolute atomic E-state index is 0. The molecule has 0 N–H and O–H groups in total. The molecule has 8 aromatic carbocycles. The monoisotopic (exact) mass is 1250 g/mol. The van der Waals surface area contributed by atoms with Gasteiger partial charge in [0.25, 0.3) is 0 Å². The molecule has 0 bridgehead atoms. The Morgan fingerprint density at radius 1 is 0.233 bits per heavy atom. The minimum Gasteiger partial charge on any atom is -0.872 e. The number of benzene rings is 8. The van der Waals surface area contributed by atoms with Crippen LogP contribution >= 0.6 is 0 Å². The van der Waals surface area contributed by atoms with Crippen molar-refractivity contribution in [2.24, 2.45) is 20.0 Å². The van der Waals surface area contributed by atoms with Crippen LogP contribution in [-0.2, 0) is 34.1 Å². The van der Waals surface area contributed by atoms with Gasteiger partial charge >= 0.3 is 34.1 Å². The summed E-state index contributed by atoms with van der Waals surface area (Å²) < 4.78 is 0. The Bertz CT molecular complexity index is 2960. The second-order valence-electron chi connectivity index (χ2n) is 23.9. The molecular weight excluding hydrogens is 1160 g/mol. The summed E-state index contributed by atoms with van der Waals surface area (Å²) in [5.41, 5.74) is 2.98. The van der Waals surface area contributed by atoms with Crippen molar-refractivity contribution in [3.63, 3.8) is 0 Å². The second kappa shape index (κ2) is 36.8. The molecule has 0 amide bonds. The Hall–Kier alpha value is -6.28. The van der Waals surface area contributed by atoms with E-state index in [-0.39, 0.29) is 57.1 Å². The fourth-order valence-corrected chi connectivity index (χ4v) is 12.7. The maximum absolute atomic E-state index is 12.1. The van der Waals surface area contributed by atoms with E-state index >= 15 is 0 Å². The van der Waals surface area contributed by atoms with Crippen LogP contribution in [0.3, 0.4) is 0 Å². The van der Waals surface area contributed by atoms with Crippen molar-refractivity contribution >= 4 is 67.9 Å². The fraction of sp³-hybridized carbons (Fsp3) is 0.421. The maximum Gasteiger partial charge on any atom is 2.00 e. The van der Waals surface area contributed by atoms with Gasteiger partial charge in [0.15, 0.2) is 0 Å².